The maximum absolute atomic E-state index is 10.8. The van der Waals surface area contributed by atoms with Gasteiger partial charge in [0.25, 0.3) is 0 Å². The molecule has 0 heterocycles. The molecule has 0 fully saturated rings. The molecule has 1 aromatic carbocycles. The van der Waals surface area contributed by atoms with Crippen molar-refractivity contribution >= 4 is 12.3 Å². The predicted molar refractivity (Wildman–Crippen MR) is 56.9 cm³/mol. The molecule has 0 aliphatic rings. The summed E-state index contributed by atoms with van der Waals surface area (Å²) in [5.41, 5.74) is 1.61. The standard InChI is InChI=1S/C12H12O3/c1-9(8-13)6-7-10-4-2-3-5-11(10)12(14)15/h2-6,8H,7H2,1H3,(H,14,15). The van der Waals surface area contributed by atoms with Crippen molar-refractivity contribution in [2.24, 2.45) is 0 Å². The Morgan fingerprint density at radius 1 is 1.40 bits per heavy atom. The topological polar surface area (TPSA) is 54.4 Å². The highest BCUT2D eigenvalue weighted by atomic mass is 16.4. The Kier molecular flexibility index (Phi) is 3.80. The molecule has 3 heteroatoms. The molecule has 78 valence electrons. The molecule has 1 aromatic rings. The largest absolute Gasteiger partial charge is 0.478 e. The fraction of sp³-hybridized carbons (Fsp3) is 0.167. The van der Waals surface area contributed by atoms with Crippen LogP contribution >= 0.6 is 0 Å². The molecule has 0 saturated heterocycles. The number of carbonyl (C=O) groups excluding carboxylic acids is 1. The van der Waals surface area contributed by atoms with Crippen LogP contribution in [0.1, 0.15) is 22.8 Å². The lowest BCUT2D eigenvalue weighted by molar-refractivity contribution is -0.104. The van der Waals surface area contributed by atoms with Gasteiger partial charge in [-0.05, 0) is 30.5 Å². The van der Waals surface area contributed by atoms with Crippen molar-refractivity contribution in [3.8, 4) is 0 Å². The van der Waals surface area contributed by atoms with Crippen molar-refractivity contribution in [3.05, 3.63) is 47.0 Å². The highest BCUT2D eigenvalue weighted by Gasteiger charge is 2.07. The van der Waals surface area contributed by atoms with Crippen LogP contribution in [0.15, 0.2) is 35.9 Å². The number of allylic oxidation sites excluding steroid dienone is 2. The Morgan fingerprint density at radius 2 is 2.07 bits per heavy atom. The number of hydrogen-bond donors (Lipinski definition) is 1. The predicted octanol–water partition coefficient (Wildman–Crippen LogP) is 2.07. The van der Waals surface area contributed by atoms with E-state index in [9.17, 15) is 9.59 Å². The molecule has 0 unspecified atom stereocenters. The van der Waals surface area contributed by atoms with Crippen LogP contribution in [0.2, 0.25) is 0 Å². The molecule has 0 aliphatic carbocycles. The third-order valence-electron chi connectivity index (χ3n) is 2.08. The summed E-state index contributed by atoms with van der Waals surface area (Å²) in [6.07, 6.45) is 2.94. The molecule has 0 atom stereocenters. The second kappa shape index (κ2) is 5.10. The number of hydrogen-bond acceptors (Lipinski definition) is 2. The molecule has 0 saturated carbocycles. The molecule has 0 spiro atoms. The van der Waals surface area contributed by atoms with Crippen molar-refractivity contribution in [1.29, 1.82) is 0 Å². The van der Waals surface area contributed by atoms with Gasteiger partial charge in [-0.15, -0.1) is 0 Å². The molecule has 1 rings (SSSR count). The lowest BCUT2D eigenvalue weighted by Gasteiger charge is -2.02. The summed E-state index contributed by atoms with van der Waals surface area (Å²) in [4.78, 5) is 21.2. The molecule has 0 amide bonds. The SMILES string of the molecule is CC(C=O)=CCc1ccccc1C(=O)O. The van der Waals surface area contributed by atoms with Gasteiger partial charge in [-0.2, -0.15) is 0 Å². The zero-order valence-electron chi connectivity index (χ0n) is 8.43. The van der Waals surface area contributed by atoms with Crippen molar-refractivity contribution in [1.82, 2.24) is 0 Å². The van der Waals surface area contributed by atoms with Crippen LogP contribution in [0.3, 0.4) is 0 Å². The minimum atomic E-state index is -0.942. The zero-order valence-corrected chi connectivity index (χ0v) is 8.43. The molecule has 0 radical (unpaired) electrons. The average molecular weight is 204 g/mol. The molecular formula is C12H12O3. The normalized spacial score (nSPS) is 11.1. The first kappa shape index (κ1) is 11.2. The van der Waals surface area contributed by atoms with Gasteiger partial charge in [0.05, 0.1) is 5.56 Å². The smallest absolute Gasteiger partial charge is 0.335 e. The van der Waals surface area contributed by atoms with Gasteiger partial charge in [0.2, 0.25) is 0 Å². The van der Waals surface area contributed by atoms with Crippen molar-refractivity contribution in [2.45, 2.75) is 13.3 Å². The first-order valence-corrected chi connectivity index (χ1v) is 4.58. The zero-order chi connectivity index (χ0) is 11.3. The van der Waals surface area contributed by atoms with E-state index >= 15 is 0 Å². The monoisotopic (exact) mass is 204 g/mol. The number of rotatable bonds is 4. The molecule has 0 aliphatic heterocycles. The van der Waals surface area contributed by atoms with Gasteiger partial charge in [0, 0.05) is 0 Å². The number of carboxylic acid groups (broad SMARTS) is 1. The summed E-state index contributed by atoms with van der Waals surface area (Å²) in [5.74, 6) is -0.942. The van der Waals surface area contributed by atoms with E-state index < -0.39 is 5.97 Å². The minimum absolute atomic E-state index is 0.285. The number of benzene rings is 1. The Morgan fingerprint density at radius 3 is 2.67 bits per heavy atom. The van der Waals surface area contributed by atoms with E-state index in [1.807, 2.05) is 0 Å². The van der Waals surface area contributed by atoms with E-state index in [4.69, 9.17) is 5.11 Å². The van der Waals surface area contributed by atoms with Crippen molar-refractivity contribution in [3.63, 3.8) is 0 Å². The second-order valence-corrected chi connectivity index (χ2v) is 3.23. The third-order valence-corrected chi connectivity index (χ3v) is 2.08. The summed E-state index contributed by atoms with van der Waals surface area (Å²) >= 11 is 0. The van der Waals surface area contributed by atoms with Crippen LogP contribution in [-0.4, -0.2) is 17.4 Å². The molecule has 1 N–H and O–H groups in total. The van der Waals surface area contributed by atoms with Crippen LogP contribution in [0, 0.1) is 0 Å². The van der Waals surface area contributed by atoms with E-state index in [1.54, 1.807) is 37.3 Å². The van der Waals surface area contributed by atoms with Gasteiger partial charge in [-0.1, -0.05) is 24.3 Å². The summed E-state index contributed by atoms with van der Waals surface area (Å²) in [5, 5.41) is 8.90. The highest BCUT2D eigenvalue weighted by molar-refractivity contribution is 5.89. The Bertz CT molecular complexity index is 405. The fourth-order valence-electron chi connectivity index (χ4n) is 1.23. The van der Waals surface area contributed by atoms with Gasteiger partial charge < -0.3 is 5.11 Å². The second-order valence-electron chi connectivity index (χ2n) is 3.23. The first-order chi connectivity index (χ1) is 7.15. The molecular weight excluding hydrogens is 192 g/mol. The molecule has 15 heavy (non-hydrogen) atoms. The molecule has 0 bridgehead atoms. The summed E-state index contributed by atoms with van der Waals surface area (Å²) in [7, 11) is 0. The van der Waals surface area contributed by atoms with Crippen LogP contribution in [-0.2, 0) is 11.2 Å². The summed E-state index contributed by atoms with van der Waals surface area (Å²) in [6.45, 7) is 1.69. The van der Waals surface area contributed by atoms with Crippen LogP contribution in [0.4, 0.5) is 0 Å². The summed E-state index contributed by atoms with van der Waals surface area (Å²) < 4.78 is 0. The third kappa shape index (κ3) is 3.06. The Labute approximate surface area is 88.0 Å². The van der Waals surface area contributed by atoms with E-state index in [1.165, 1.54) is 0 Å². The van der Waals surface area contributed by atoms with E-state index in [0.29, 0.717) is 17.6 Å². The lowest BCUT2D eigenvalue weighted by atomic mass is 10.0. The first-order valence-electron chi connectivity index (χ1n) is 4.58. The quantitative estimate of drug-likeness (QED) is 0.603. The Hall–Kier alpha value is -1.90. The van der Waals surface area contributed by atoms with E-state index in [2.05, 4.69) is 0 Å². The maximum atomic E-state index is 10.8. The Balaban J connectivity index is 2.94. The van der Waals surface area contributed by atoms with Gasteiger partial charge in [-0.25, -0.2) is 4.79 Å². The maximum Gasteiger partial charge on any atom is 0.335 e. The van der Waals surface area contributed by atoms with Gasteiger partial charge in [-0.3, -0.25) is 4.79 Å². The van der Waals surface area contributed by atoms with Crippen LogP contribution in [0.5, 0.6) is 0 Å². The summed E-state index contributed by atoms with van der Waals surface area (Å²) in [6, 6.07) is 6.77. The van der Waals surface area contributed by atoms with Gasteiger partial charge in [0.1, 0.15) is 6.29 Å². The minimum Gasteiger partial charge on any atom is -0.478 e. The number of aldehydes is 1. The van der Waals surface area contributed by atoms with Crippen LogP contribution < -0.4 is 0 Å². The van der Waals surface area contributed by atoms with E-state index in [-0.39, 0.29) is 5.56 Å². The van der Waals surface area contributed by atoms with Crippen LogP contribution in [0.25, 0.3) is 0 Å². The number of aromatic carboxylic acids is 1. The van der Waals surface area contributed by atoms with Gasteiger partial charge >= 0.3 is 5.97 Å². The fourth-order valence-corrected chi connectivity index (χ4v) is 1.23. The van der Waals surface area contributed by atoms with E-state index in [0.717, 1.165) is 6.29 Å². The van der Waals surface area contributed by atoms with Crippen molar-refractivity contribution < 1.29 is 14.7 Å². The lowest BCUT2D eigenvalue weighted by Crippen LogP contribution is -2.01. The molecule has 3 nitrogen and oxygen atoms in total. The van der Waals surface area contributed by atoms with Gasteiger partial charge in [0.15, 0.2) is 0 Å². The van der Waals surface area contributed by atoms with Crippen molar-refractivity contribution in [2.75, 3.05) is 0 Å². The average Bonchev–Trinajstić information content (AvgIpc) is 2.26. The molecule has 0 aromatic heterocycles. The number of carboxylic acids is 1. The highest BCUT2D eigenvalue weighted by Crippen LogP contribution is 2.10. The number of carbonyl (C=O) groups is 2.